The fourth-order valence-electron chi connectivity index (χ4n) is 7.50. The second-order valence-corrected chi connectivity index (χ2v) is 15.2. The van der Waals surface area contributed by atoms with Crippen molar-refractivity contribution in [3.05, 3.63) is 0 Å². The predicted molar refractivity (Wildman–Crippen MR) is 145 cm³/mol. The van der Waals surface area contributed by atoms with Gasteiger partial charge < -0.3 is 0 Å². The van der Waals surface area contributed by atoms with Crippen LogP contribution in [0.4, 0.5) is 8.78 Å². The quantitative estimate of drug-likeness (QED) is 0.231. The zero-order chi connectivity index (χ0) is 25.8. The zero-order valence-electron chi connectivity index (χ0n) is 24.5. The second kappa shape index (κ2) is 11.9. The van der Waals surface area contributed by atoms with Gasteiger partial charge in [0.05, 0.1) is 0 Å². The van der Waals surface area contributed by atoms with Crippen LogP contribution in [0.3, 0.4) is 0 Å². The van der Waals surface area contributed by atoms with E-state index < -0.39 is 5.92 Å². The molecular weight excluding hydrogens is 422 g/mol. The minimum Gasteiger partial charge on any atom is -0.207 e. The van der Waals surface area contributed by atoms with Crippen molar-refractivity contribution in [3.63, 3.8) is 0 Å². The van der Waals surface area contributed by atoms with E-state index in [9.17, 15) is 8.78 Å². The number of hydrogen-bond acceptors (Lipinski definition) is 0. The van der Waals surface area contributed by atoms with E-state index in [4.69, 9.17) is 0 Å². The molecule has 2 fully saturated rings. The lowest BCUT2D eigenvalue weighted by Crippen LogP contribution is -2.41. The third-order valence-corrected chi connectivity index (χ3v) is 10.3. The van der Waals surface area contributed by atoms with Gasteiger partial charge in [-0.2, -0.15) is 0 Å². The molecule has 0 aliphatic heterocycles. The van der Waals surface area contributed by atoms with E-state index in [2.05, 4.69) is 62.3 Å². The highest BCUT2D eigenvalue weighted by molar-refractivity contribution is 4.94. The summed E-state index contributed by atoms with van der Waals surface area (Å²) in [6.07, 6.45) is 15.0. The monoisotopic (exact) mass is 482 g/mol. The minimum atomic E-state index is -2.40. The van der Waals surface area contributed by atoms with Crippen molar-refractivity contribution in [3.8, 4) is 0 Å². The molecular formula is C32H60F2. The van der Waals surface area contributed by atoms with Gasteiger partial charge in [0.25, 0.3) is 0 Å². The van der Waals surface area contributed by atoms with Gasteiger partial charge >= 0.3 is 0 Å². The number of alkyl halides is 2. The third kappa shape index (κ3) is 9.38. The van der Waals surface area contributed by atoms with Crippen LogP contribution >= 0.6 is 0 Å². The average Bonchev–Trinajstić information content (AvgIpc) is 2.65. The van der Waals surface area contributed by atoms with Crippen LogP contribution < -0.4 is 0 Å². The Morgan fingerprint density at radius 1 is 0.882 bits per heavy atom. The molecule has 0 aromatic heterocycles. The fourth-order valence-corrected chi connectivity index (χ4v) is 7.50. The first-order chi connectivity index (χ1) is 15.6. The summed E-state index contributed by atoms with van der Waals surface area (Å²) in [6, 6.07) is 0. The highest BCUT2D eigenvalue weighted by atomic mass is 19.3. The SMILES string of the molecule is CCC(C)(CCCC(C)C1CC(C(C)(C)CC(C)(C)CC2CCC(F)(F)CC2)C1)CCC(C)C. The molecule has 2 aliphatic carbocycles. The van der Waals surface area contributed by atoms with Crippen molar-refractivity contribution >= 4 is 0 Å². The molecule has 0 bridgehead atoms. The van der Waals surface area contributed by atoms with Gasteiger partial charge in [-0.05, 0) is 97.2 Å². The Hall–Kier alpha value is -0.140. The molecule has 2 aliphatic rings. The van der Waals surface area contributed by atoms with Crippen molar-refractivity contribution in [1.29, 1.82) is 0 Å². The molecule has 2 heteroatoms. The molecule has 2 rings (SSSR count). The lowest BCUT2D eigenvalue weighted by molar-refractivity contribution is -0.0536. The van der Waals surface area contributed by atoms with Crippen molar-refractivity contribution in [2.75, 3.05) is 0 Å². The summed E-state index contributed by atoms with van der Waals surface area (Å²) in [7, 11) is 0. The summed E-state index contributed by atoms with van der Waals surface area (Å²) >= 11 is 0. The van der Waals surface area contributed by atoms with E-state index in [1.807, 2.05) is 0 Å². The van der Waals surface area contributed by atoms with Crippen LogP contribution in [-0.2, 0) is 0 Å². The highest BCUT2D eigenvalue weighted by Crippen LogP contribution is 2.54. The van der Waals surface area contributed by atoms with E-state index in [1.54, 1.807) is 0 Å². The van der Waals surface area contributed by atoms with Crippen LogP contribution in [0.1, 0.15) is 152 Å². The molecule has 2 unspecified atom stereocenters. The van der Waals surface area contributed by atoms with Gasteiger partial charge in [-0.15, -0.1) is 0 Å². The molecule has 34 heavy (non-hydrogen) atoms. The summed E-state index contributed by atoms with van der Waals surface area (Å²) < 4.78 is 27.1. The first-order valence-corrected chi connectivity index (χ1v) is 14.9. The number of halogens is 2. The van der Waals surface area contributed by atoms with E-state index in [-0.39, 0.29) is 18.3 Å². The molecule has 2 saturated carbocycles. The Morgan fingerprint density at radius 2 is 1.47 bits per heavy atom. The van der Waals surface area contributed by atoms with Crippen LogP contribution in [0.5, 0.6) is 0 Å². The highest BCUT2D eigenvalue weighted by Gasteiger charge is 2.44. The first kappa shape index (κ1) is 30.1. The van der Waals surface area contributed by atoms with Crippen molar-refractivity contribution in [2.45, 2.75) is 158 Å². The van der Waals surface area contributed by atoms with Gasteiger partial charge in [-0.1, -0.05) is 88.0 Å². The maximum absolute atomic E-state index is 13.6. The smallest absolute Gasteiger partial charge is 0.207 e. The van der Waals surface area contributed by atoms with Gasteiger partial charge in [0, 0.05) is 12.8 Å². The Balaban J connectivity index is 1.73. The standard InChI is InChI=1S/C32H60F2/c1-10-31(9,17-13-24(2)3)16-11-12-25(4)27-20-28(21-27)30(7,8)23-29(5,6)22-26-14-18-32(33,34)19-15-26/h24-28H,10-23H2,1-9H3. The molecule has 0 aromatic carbocycles. The summed E-state index contributed by atoms with van der Waals surface area (Å²) in [5.74, 6) is 1.51. The molecule has 0 saturated heterocycles. The fraction of sp³-hybridized carbons (Fsp3) is 1.00. The van der Waals surface area contributed by atoms with Gasteiger partial charge in [0.2, 0.25) is 5.92 Å². The van der Waals surface area contributed by atoms with Crippen LogP contribution in [-0.4, -0.2) is 5.92 Å². The summed E-state index contributed by atoms with van der Waals surface area (Å²) in [5.41, 5.74) is 1.14. The zero-order valence-corrected chi connectivity index (χ0v) is 24.5. The van der Waals surface area contributed by atoms with Crippen molar-refractivity contribution < 1.29 is 8.78 Å². The van der Waals surface area contributed by atoms with E-state index in [0.717, 1.165) is 30.1 Å². The van der Waals surface area contributed by atoms with Crippen LogP contribution in [0, 0.1) is 45.8 Å². The molecule has 202 valence electrons. The maximum Gasteiger partial charge on any atom is 0.248 e. The van der Waals surface area contributed by atoms with Crippen LogP contribution in [0.15, 0.2) is 0 Å². The Kier molecular flexibility index (Phi) is 10.6. The van der Waals surface area contributed by atoms with E-state index in [0.29, 0.717) is 29.6 Å². The normalized spacial score (nSPS) is 26.8. The van der Waals surface area contributed by atoms with Crippen LogP contribution in [0.25, 0.3) is 0 Å². The molecule has 2 atom stereocenters. The average molecular weight is 483 g/mol. The molecule has 0 spiro atoms. The lowest BCUT2D eigenvalue weighted by atomic mass is 9.55. The summed E-state index contributed by atoms with van der Waals surface area (Å²) in [5, 5.41) is 0. The topological polar surface area (TPSA) is 0 Å². The largest absolute Gasteiger partial charge is 0.248 e. The second-order valence-electron chi connectivity index (χ2n) is 15.2. The number of hydrogen-bond donors (Lipinski definition) is 0. The van der Waals surface area contributed by atoms with E-state index in [1.165, 1.54) is 57.8 Å². The molecule has 0 amide bonds. The number of rotatable bonds is 14. The van der Waals surface area contributed by atoms with Gasteiger partial charge in [-0.25, -0.2) is 8.78 Å². The van der Waals surface area contributed by atoms with Crippen molar-refractivity contribution in [2.24, 2.45) is 45.8 Å². The Bertz CT molecular complexity index is 588. The van der Waals surface area contributed by atoms with E-state index >= 15 is 0 Å². The summed E-state index contributed by atoms with van der Waals surface area (Å²) in [6.45, 7) is 21.9. The molecule has 0 radical (unpaired) electrons. The third-order valence-electron chi connectivity index (χ3n) is 10.3. The van der Waals surface area contributed by atoms with Crippen molar-refractivity contribution in [1.82, 2.24) is 0 Å². The first-order valence-electron chi connectivity index (χ1n) is 14.9. The molecule has 0 heterocycles. The minimum absolute atomic E-state index is 0.106. The maximum atomic E-state index is 13.6. The van der Waals surface area contributed by atoms with Gasteiger partial charge in [-0.3, -0.25) is 0 Å². The Labute approximate surface area is 212 Å². The van der Waals surface area contributed by atoms with Gasteiger partial charge in [0.15, 0.2) is 0 Å². The molecule has 0 N–H and O–H groups in total. The summed E-state index contributed by atoms with van der Waals surface area (Å²) in [4.78, 5) is 0. The Morgan fingerprint density at radius 3 is 2.00 bits per heavy atom. The van der Waals surface area contributed by atoms with Gasteiger partial charge in [0.1, 0.15) is 0 Å². The van der Waals surface area contributed by atoms with Crippen LogP contribution in [0.2, 0.25) is 0 Å². The molecule has 0 aromatic rings. The lowest BCUT2D eigenvalue weighted by Gasteiger charge is -2.50. The predicted octanol–water partition coefficient (Wildman–Crippen LogP) is 11.3. The molecule has 0 nitrogen and oxygen atoms in total.